The molecule has 2 rings (SSSR count). The van der Waals surface area contributed by atoms with Crippen molar-refractivity contribution in [3.63, 3.8) is 0 Å². The van der Waals surface area contributed by atoms with Crippen molar-refractivity contribution >= 4 is 0 Å². The van der Waals surface area contributed by atoms with Crippen molar-refractivity contribution in [1.29, 1.82) is 0 Å². The minimum absolute atomic E-state index is 0.142. The first-order valence-electron chi connectivity index (χ1n) is 4.80. The highest BCUT2D eigenvalue weighted by Gasteiger charge is 2.42. The summed E-state index contributed by atoms with van der Waals surface area (Å²) < 4.78 is 5.85. The Balaban J connectivity index is 2.09. The average Bonchev–Trinajstić information content (AvgIpc) is 2.24. The van der Waals surface area contributed by atoms with Gasteiger partial charge in [-0.15, -0.1) is 0 Å². The predicted octanol–water partition coefficient (Wildman–Crippen LogP) is 0.396. The monoisotopic (exact) mass is 183 g/mol. The number of nitrogens with zero attached hydrogens (tertiary/aromatic N) is 1. The van der Waals surface area contributed by atoms with E-state index in [2.05, 4.69) is 17.1 Å². The summed E-state index contributed by atoms with van der Waals surface area (Å²) in [6.07, 6.45) is 5.63. The van der Waals surface area contributed by atoms with Crippen LogP contribution in [0.2, 0.25) is 0 Å². The molecule has 2 heterocycles. The summed E-state index contributed by atoms with van der Waals surface area (Å²) in [6.45, 7) is 0.858. The number of fused-ring (bicyclic) bond motifs is 2. The minimum Gasteiger partial charge on any atom is -0.393 e. The lowest BCUT2D eigenvalue weighted by molar-refractivity contribution is -0.111. The molecule has 0 aliphatic carbocycles. The van der Waals surface area contributed by atoms with Gasteiger partial charge in [0.2, 0.25) is 0 Å². The summed E-state index contributed by atoms with van der Waals surface area (Å²) in [5, 5.41) is 9.63. The Morgan fingerprint density at radius 1 is 1.62 bits per heavy atom. The second kappa shape index (κ2) is 3.08. The molecule has 2 aliphatic heterocycles. The Morgan fingerprint density at radius 2 is 2.38 bits per heavy atom. The van der Waals surface area contributed by atoms with Crippen molar-refractivity contribution in [2.45, 2.75) is 30.7 Å². The molecular weight excluding hydrogens is 166 g/mol. The van der Waals surface area contributed by atoms with E-state index in [-0.39, 0.29) is 17.8 Å². The molecule has 0 unspecified atom stereocenters. The summed E-state index contributed by atoms with van der Waals surface area (Å²) in [5.41, 5.74) is -0.216. The van der Waals surface area contributed by atoms with Gasteiger partial charge in [-0.2, -0.15) is 0 Å². The second-order valence-corrected chi connectivity index (χ2v) is 4.41. The largest absolute Gasteiger partial charge is 0.393 e. The third-order valence-corrected chi connectivity index (χ3v) is 2.67. The van der Waals surface area contributed by atoms with E-state index >= 15 is 0 Å². The number of aliphatic hydroxyl groups excluding tert-OH is 1. The summed E-state index contributed by atoms with van der Waals surface area (Å²) in [4.78, 5) is 2.10. The van der Waals surface area contributed by atoms with Gasteiger partial charge in [-0.25, -0.2) is 0 Å². The molecule has 0 saturated carbocycles. The molecule has 0 aromatic rings. The Hall–Kier alpha value is -0.380. The molecule has 1 fully saturated rings. The van der Waals surface area contributed by atoms with Gasteiger partial charge < -0.3 is 14.7 Å². The van der Waals surface area contributed by atoms with Gasteiger partial charge >= 0.3 is 0 Å². The van der Waals surface area contributed by atoms with E-state index in [1.165, 1.54) is 0 Å². The van der Waals surface area contributed by atoms with Crippen LogP contribution in [-0.4, -0.2) is 48.5 Å². The average molecular weight is 183 g/mol. The zero-order valence-corrected chi connectivity index (χ0v) is 8.23. The van der Waals surface area contributed by atoms with Crippen molar-refractivity contribution in [1.82, 2.24) is 4.90 Å². The molecule has 0 radical (unpaired) electrons. The summed E-state index contributed by atoms with van der Waals surface area (Å²) in [6, 6.07) is 0. The maximum atomic E-state index is 9.63. The van der Waals surface area contributed by atoms with Crippen LogP contribution in [0, 0.1) is 0 Å². The molecule has 1 saturated heterocycles. The van der Waals surface area contributed by atoms with E-state index in [9.17, 15) is 5.11 Å². The molecule has 1 N–H and O–H groups in total. The number of ether oxygens (including phenoxy) is 1. The van der Waals surface area contributed by atoms with Crippen LogP contribution in [0.1, 0.15) is 12.8 Å². The fourth-order valence-corrected chi connectivity index (χ4v) is 2.35. The third-order valence-electron chi connectivity index (χ3n) is 2.67. The van der Waals surface area contributed by atoms with Crippen LogP contribution in [0.5, 0.6) is 0 Å². The Labute approximate surface area is 79.0 Å². The zero-order valence-electron chi connectivity index (χ0n) is 8.23. The van der Waals surface area contributed by atoms with E-state index in [0.29, 0.717) is 0 Å². The van der Waals surface area contributed by atoms with Gasteiger partial charge in [-0.3, -0.25) is 0 Å². The van der Waals surface area contributed by atoms with Crippen molar-refractivity contribution in [3.05, 3.63) is 12.2 Å². The molecule has 0 aromatic heterocycles. The van der Waals surface area contributed by atoms with E-state index in [4.69, 9.17) is 4.74 Å². The Morgan fingerprint density at radius 3 is 3.08 bits per heavy atom. The van der Waals surface area contributed by atoms with Crippen LogP contribution in [0.15, 0.2) is 12.2 Å². The Bertz CT molecular complexity index is 223. The summed E-state index contributed by atoms with van der Waals surface area (Å²) >= 11 is 0. The van der Waals surface area contributed by atoms with E-state index in [1.807, 2.05) is 14.1 Å². The van der Waals surface area contributed by atoms with Gasteiger partial charge in [0.25, 0.3) is 0 Å². The van der Waals surface area contributed by atoms with Gasteiger partial charge in [-0.05, 0) is 14.1 Å². The highest BCUT2D eigenvalue weighted by atomic mass is 16.5. The van der Waals surface area contributed by atoms with Gasteiger partial charge in [0.1, 0.15) is 5.60 Å². The van der Waals surface area contributed by atoms with Gasteiger partial charge in [-0.1, -0.05) is 12.2 Å². The lowest BCUT2D eigenvalue weighted by atomic mass is 9.93. The van der Waals surface area contributed by atoms with Gasteiger partial charge in [0, 0.05) is 19.4 Å². The predicted molar refractivity (Wildman–Crippen MR) is 50.5 cm³/mol. The first-order valence-corrected chi connectivity index (χ1v) is 4.80. The molecule has 0 aromatic carbocycles. The number of hydrogen-bond donors (Lipinski definition) is 1. The van der Waals surface area contributed by atoms with Crippen molar-refractivity contribution in [2.24, 2.45) is 0 Å². The molecule has 3 heteroatoms. The quantitative estimate of drug-likeness (QED) is 0.629. The van der Waals surface area contributed by atoms with Crippen LogP contribution >= 0.6 is 0 Å². The summed E-state index contributed by atoms with van der Waals surface area (Å²) in [7, 11) is 4.06. The van der Waals surface area contributed by atoms with Crippen LogP contribution in [-0.2, 0) is 4.74 Å². The molecule has 0 amide bonds. The van der Waals surface area contributed by atoms with E-state index in [0.717, 1.165) is 19.4 Å². The van der Waals surface area contributed by atoms with E-state index < -0.39 is 0 Å². The highest BCUT2D eigenvalue weighted by molar-refractivity contribution is 5.16. The van der Waals surface area contributed by atoms with Crippen LogP contribution in [0.4, 0.5) is 0 Å². The lowest BCUT2D eigenvalue weighted by Gasteiger charge is -2.37. The molecule has 13 heavy (non-hydrogen) atoms. The number of hydrogen-bond acceptors (Lipinski definition) is 3. The fraction of sp³-hybridized carbons (Fsp3) is 0.800. The molecule has 2 aliphatic rings. The second-order valence-electron chi connectivity index (χ2n) is 4.41. The van der Waals surface area contributed by atoms with Crippen LogP contribution in [0.3, 0.4) is 0 Å². The van der Waals surface area contributed by atoms with Crippen molar-refractivity contribution in [3.8, 4) is 0 Å². The Kier molecular flexibility index (Phi) is 2.18. The standard InChI is InChI=1S/C10H17NO2/c1-11(2)7-10-4-3-9(13-10)5-8(12)6-10/h3-4,8-9,12H,5-7H2,1-2H3/t8-,9-,10+/m1/s1. The first kappa shape index (κ1) is 9.19. The van der Waals surface area contributed by atoms with Gasteiger partial charge in [0.05, 0.1) is 12.2 Å². The van der Waals surface area contributed by atoms with Crippen LogP contribution < -0.4 is 0 Å². The molecular formula is C10H17NO2. The molecule has 0 spiro atoms. The highest BCUT2D eigenvalue weighted by Crippen LogP contribution is 2.36. The third kappa shape index (κ3) is 1.77. The van der Waals surface area contributed by atoms with Crippen molar-refractivity contribution < 1.29 is 9.84 Å². The number of rotatable bonds is 2. The molecule has 74 valence electrons. The summed E-state index contributed by atoms with van der Waals surface area (Å²) in [5.74, 6) is 0. The number of likely N-dealkylation sites (N-methyl/N-ethyl adjacent to an activating group) is 1. The smallest absolute Gasteiger partial charge is 0.102 e. The molecule has 3 nitrogen and oxygen atoms in total. The minimum atomic E-state index is -0.216. The number of aliphatic hydroxyl groups is 1. The first-order chi connectivity index (χ1) is 6.10. The maximum Gasteiger partial charge on any atom is 0.102 e. The normalized spacial score (nSPS) is 43.1. The van der Waals surface area contributed by atoms with Crippen molar-refractivity contribution in [2.75, 3.05) is 20.6 Å². The topological polar surface area (TPSA) is 32.7 Å². The molecule has 3 atom stereocenters. The zero-order chi connectivity index (χ0) is 9.47. The fourth-order valence-electron chi connectivity index (χ4n) is 2.35. The van der Waals surface area contributed by atoms with Crippen LogP contribution in [0.25, 0.3) is 0 Å². The maximum absolute atomic E-state index is 9.63. The SMILES string of the molecule is CN(C)C[C@]12C=C[C@H](C[C@@H](O)C1)O2. The lowest BCUT2D eigenvalue weighted by Crippen LogP contribution is -2.46. The van der Waals surface area contributed by atoms with E-state index in [1.54, 1.807) is 0 Å². The molecule has 2 bridgehead atoms. The van der Waals surface area contributed by atoms with Gasteiger partial charge in [0.15, 0.2) is 0 Å².